The van der Waals surface area contributed by atoms with Gasteiger partial charge >= 0.3 is 5.97 Å². The number of ether oxygens (including phenoxy) is 2. The van der Waals surface area contributed by atoms with Crippen molar-refractivity contribution in [2.75, 3.05) is 18.6 Å². The Bertz CT molecular complexity index is 727. The van der Waals surface area contributed by atoms with Crippen molar-refractivity contribution in [1.82, 2.24) is 0 Å². The fourth-order valence-corrected chi connectivity index (χ4v) is 2.97. The summed E-state index contributed by atoms with van der Waals surface area (Å²) >= 11 is 0. The number of hydrogen-bond acceptors (Lipinski definition) is 4. The Morgan fingerprint density at radius 3 is 2.33 bits per heavy atom. The molecule has 0 radical (unpaired) electrons. The topological polar surface area (TPSA) is 55.8 Å². The molecule has 2 aromatic carbocycles. The Balaban J connectivity index is 1.93. The smallest absolute Gasteiger partial charge is 0.330 e. The van der Waals surface area contributed by atoms with Gasteiger partial charge in [-0.15, -0.1) is 0 Å². The summed E-state index contributed by atoms with van der Waals surface area (Å²) in [5, 5.41) is 0. The van der Waals surface area contributed by atoms with Crippen molar-refractivity contribution >= 4 is 17.6 Å². The highest BCUT2D eigenvalue weighted by Crippen LogP contribution is 2.40. The Morgan fingerprint density at radius 2 is 1.75 bits per heavy atom. The minimum absolute atomic E-state index is 0.107. The van der Waals surface area contributed by atoms with Crippen molar-refractivity contribution in [1.29, 1.82) is 0 Å². The lowest BCUT2D eigenvalue weighted by Gasteiger charge is -2.45. The average Bonchev–Trinajstić information content (AvgIpc) is 2.61. The lowest BCUT2D eigenvalue weighted by Crippen LogP contribution is -2.63. The molecule has 24 heavy (non-hydrogen) atoms. The molecule has 5 heteroatoms. The molecule has 0 N–H and O–H groups in total. The molecule has 1 aliphatic heterocycles. The van der Waals surface area contributed by atoms with Crippen molar-refractivity contribution in [2.24, 2.45) is 0 Å². The summed E-state index contributed by atoms with van der Waals surface area (Å²) in [5.41, 5.74) is 1.48. The van der Waals surface area contributed by atoms with Gasteiger partial charge in [-0.3, -0.25) is 9.69 Å². The third-order valence-corrected chi connectivity index (χ3v) is 4.13. The van der Waals surface area contributed by atoms with Crippen molar-refractivity contribution in [3.63, 3.8) is 0 Å². The van der Waals surface area contributed by atoms with Crippen molar-refractivity contribution in [3.8, 4) is 5.75 Å². The van der Waals surface area contributed by atoms with Gasteiger partial charge in [0.05, 0.1) is 19.6 Å². The molecule has 3 rings (SSSR count). The Hall–Kier alpha value is -2.82. The predicted octanol–water partition coefficient (Wildman–Crippen LogP) is 2.76. The summed E-state index contributed by atoms with van der Waals surface area (Å²) in [5.74, 6) is -0.308. The van der Waals surface area contributed by atoms with Crippen LogP contribution >= 0.6 is 0 Å². The minimum Gasteiger partial charge on any atom is -0.497 e. The summed E-state index contributed by atoms with van der Waals surface area (Å²) in [6.45, 7) is 2.04. The maximum atomic E-state index is 12.7. The second-order valence-corrected chi connectivity index (χ2v) is 5.49. The van der Waals surface area contributed by atoms with E-state index >= 15 is 0 Å². The number of benzene rings is 2. The summed E-state index contributed by atoms with van der Waals surface area (Å²) in [6, 6.07) is 15.7. The molecule has 1 saturated heterocycles. The van der Waals surface area contributed by atoms with Gasteiger partial charge in [0.15, 0.2) is 0 Å². The number of anilines is 1. The number of carbonyl (C=O) groups excluding carboxylic acids is 2. The van der Waals surface area contributed by atoms with E-state index in [-0.39, 0.29) is 18.5 Å². The maximum Gasteiger partial charge on any atom is 0.330 e. The van der Waals surface area contributed by atoms with Crippen molar-refractivity contribution in [2.45, 2.75) is 18.9 Å². The van der Waals surface area contributed by atoms with E-state index in [9.17, 15) is 9.59 Å². The van der Waals surface area contributed by atoms with Gasteiger partial charge in [-0.1, -0.05) is 30.3 Å². The zero-order chi connectivity index (χ0) is 17.1. The van der Waals surface area contributed by atoms with Gasteiger partial charge in [0.25, 0.3) is 0 Å². The lowest BCUT2D eigenvalue weighted by atomic mass is 9.81. The van der Waals surface area contributed by atoms with Gasteiger partial charge in [-0.2, -0.15) is 0 Å². The Kier molecular flexibility index (Phi) is 4.51. The van der Waals surface area contributed by atoms with Crippen LogP contribution in [0.1, 0.15) is 18.4 Å². The van der Waals surface area contributed by atoms with E-state index in [2.05, 4.69) is 0 Å². The first kappa shape index (κ1) is 16.1. The van der Waals surface area contributed by atoms with Crippen LogP contribution in [0.3, 0.4) is 0 Å². The molecule has 1 aliphatic rings. The van der Waals surface area contributed by atoms with Crippen molar-refractivity contribution < 1.29 is 19.1 Å². The van der Waals surface area contributed by atoms with Crippen molar-refractivity contribution in [3.05, 3.63) is 60.2 Å². The normalized spacial score (nSPS) is 19.6. The quantitative estimate of drug-likeness (QED) is 0.626. The van der Waals surface area contributed by atoms with E-state index in [1.165, 1.54) is 4.90 Å². The molecule has 2 atom stereocenters. The van der Waals surface area contributed by atoms with E-state index in [1.54, 1.807) is 38.3 Å². The van der Waals surface area contributed by atoms with Gasteiger partial charge in [0.1, 0.15) is 11.8 Å². The zero-order valence-corrected chi connectivity index (χ0v) is 13.6. The van der Waals surface area contributed by atoms with Gasteiger partial charge in [0, 0.05) is 5.69 Å². The summed E-state index contributed by atoms with van der Waals surface area (Å²) in [7, 11) is 1.58. The Morgan fingerprint density at radius 1 is 1.08 bits per heavy atom. The van der Waals surface area contributed by atoms with Gasteiger partial charge in [-0.25, -0.2) is 4.79 Å². The fourth-order valence-electron chi connectivity index (χ4n) is 2.97. The first-order chi connectivity index (χ1) is 11.7. The van der Waals surface area contributed by atoms with Crippen LogP contribution in [-0.2, 0) is 14.3 Å². The number of β-lactam (4-membered cyclic amide) rings is 1. The third kappa shape index (κ3) is 2.73. The van der Waals surface area contributed by atoms with Gasteiger partial charge in [0.2, 0.25) is 5.91 Å². The highest BCUT2D eigenvalue weighted by atomic mass is 16.5. The minimum atomic E-state index is -0.645. The van der Waals surface area contributed by atoms with Crippen LogP contribution < -0.4 is 9.64 Å². The molecule has 0 bridgehead atoms. The zero-order valence-electron chi connectivity index (χ0n) is 13.6. The van der Waals surface area contributed by atoms with E-state index in [0.717, 1.165) is 5.56 Å². The monoisotopic (exact) mass is 325 g/mol. The summed E-state index contributed by atoms with van der Waals surface area (Å²) < 4.78 is 10.3. The summed E-state index contributed by atoms with van der Waals surface area (Å²) in [4.78, 5) is 26.6. The number of rotatable bonds is 5. The molecule has 1 heterocycles. The average molecular weight is 325 g/mol. The number of carbonyl (C=O) groups is 2. The number of hydrogen-bond donors (Lipinski definition) is 0. The standard InChI is InChI=1S/C19H19NO4/c1-3-24-19(22)17-16(13-7-5-4-6-8-13)18(21)20(17)14-9-11-15(23-2)12-10-14/h4-12,16-17H,3H2,1-2H3. The molecule has 2 aromatic rings. The highest BCUT2D eigenvalue weighted by Gasteiger charge is 2.53. The molecule has 1 amide bonds. The number of methoxy groups -OCH3 is 1. The third-order valence-electron chi connectivity index (χ3n) is 4.13. The fraction of sp³-hybridized carbons (Fsp3) is 0.263. The van der Waals surface area contributed by atoms with Gasteiger partial charge in [-0.05, 0) is 36.8 Å². The second-order valence-electron chi connectivity index (χ2n) is 5.49. The molecular formula is C19H19NO4. The SMILES string of the molecule is CCOC(=O)C1C(c2ccccc2)C(=O)N1c1ccc(OC)cc1. The number of amides is 1. The largest absolute Gasteiger partial charge is 0.497 e. The van der Waals surface area contributed by atoms with Crippen LogP contribution in [0.2, 0.25) is 0 Å². The molecule has 0 saturated carbocycles. The lowest BCUT2D eigenvalue weighted by molar-refractivity contribution is -0.151. The van der Waals surface area contributed by atoms with Gasteiger partial charge < -0.3 is 9.47 Å². The van der Waals surface area contributed by atoms with E-state index in [0.29, 0.717) is 11.4 Å². The highest BCUT2D eigenvalue weighted by molar-refractivity contribution is 6.13. The van der Waals surface area contributed by atoms with Crippen LogP contribution in [0, 0.1) is 0 Å². The summed E-state index contributed by atoms with van der Waals surface area (Å²) in [6.07, 6.45) is 0. The molecule has 0 aliphatic carbocycles. The number of esters is 1. The van der Waals surface area contributed by atoms with Crippen LogP contribution in [0.5, 0.6) is 5.75 Å². The van der Waals surface area contributed by atoms with E-state index in [4.69, 9.17) is 9.47 Å². The molecule has 0 spiro atoms. The Labute approximate surface area is 140 Å². The molecule has 0 aromatic heterocycles. The van der Waals surface area contributed by atoms with E-state index in [1.807, 2.05) is 30.3 Å². The molecule has 124 valence electrons. The first-order valence-electron chi connectivity index (χ1n) is 7.86. The molecule has 1 fully saturated rings. The van der Waals surface area contributed by atoms with Crippen LogP contribution in [0.25, 0.3) is 0 Å². The molecular weight excluding hydrogens is 306 g/mol. The molecule has 5 nitrogen and oxygen atoms in total. The first-order valence-corrected chi connectivity index (χ1v) is 7.86. The van der Waals surface area contributed by atoms with E-state index < -0.39 is 12.0 Å². The number of nitrogens with zero attached hydrogens (tertiary/aromatic N) is 1. The van der Waals surface area contributed by atoms with Crippen LogP contribution in [0.15, 0.2) is 54.6 Å². The van der Waals surface area contributed by atoms with Crippen LogP contribution in [0.4, 0.5) is 5.69 Å². The predicted molar refractivity (Wildman–Crippen MR) is 90.1 cm³/mol. The maximum absolute atomic E-state index is 12.7. The second kappa shape index (κ2) is 6.74. The van der Waals surface area contributed by atoms with Crippen LogP contribution in [-0.4, -0.2) is 31.6 Å². The molecule has 2 unspecified atom stereocenters.